The number of fused-ring (bicyclic) bond motifs is 1. The number of nitrogens with zero attached hydrogens (tertiary/aromatic N) is 1. The number of benzene rings is 3. The van der Waals surface area contributed by atoms with Crippen LogP contribution in [0.1, 0.15) is 44.7 Å². The van der Waals surface area contributed by atoms with E-state index in [4.69, 9.17) is 34.8 Å². The standard InChI is InChI=1S/C39H44N2O10/c1-2-20-50-32-15-12-30(13-16-32)14-17-35(39(45)51-29-31-8-4-3-5-9-31)40-36(42)18-21-46-23-25-48-27-28-49-26-24-47-22-19-41-37(43)33-10-6-7-11-34(33)38(41)44/h1,3-13,15-16,35H,14,17-29H2,(H,40,42)/t35-/m0/s1. The smallest absolute Gasteiger partial charge is 0.328 e. The topological polar surface area (TPSA) is 139 Å². The molecule has 1 atom stereocenters. The van der Waals surface area contributed by atoms with Crippen molar-refractivity contribution in [2.75, 3.05) is 66.0 Å². The maximum atomic E-state index is 13.0. The summed E-state index contributed by atoms with van der Waals surface area (Å²) >= 11 is 0. The fourth-order valence-electron chi connectivity index (χ4n) is 5.06. The lowest BCUT2D eigenvalue weighted by Gasteiger charge is -2.18. The Morgan fingerprint density at radius 3 is 1.88 bits per heavy atom. The normalized spacial score (nSPS) is 12.6. The number of carbonyl (C=O) groups excluding carboxylic acids is 4. The highest BCUT2D eigenvalue weighted by Gasteiger charge is 2.34. The fourth-order valence-corrected chi connectivity index (χ4v) is 5.06. The number of nitrogens with one attached hydrogen (secondary N) is 1. The summed E-state index contributed by atoms with van der Waals surface area (Å²) in [5.41, 5.74) is 2.66. The van der Waals surface area contributed by atoms with Crippen molar-refractivity contribution in [2.24, 2.45) is 0 Å². The van der Waals surface area contributed by atoms with Crippen LogP contribution in [-0.2, 0) is 46.3 Å². The fraction of sp³-hybridized carbons (Fsp3) is 0.385. The van der Waals surface area contributed by atoms with Crippen molar-refractivity contribution in [3.8, 4) is 18.1 Å². The van der Waals surface area contributed by atoms with Gasteiger partial charge in [-0.1, -0.05) is 60.5 Å². The predicted molar refractivity (Wildman–Crippen MR) is 187 cm³/mol. The van der Waals surface area contributed by atoms with Gasteiger partial charge in [0.2, 0.25) is 5.91 Å². The molecule has 270 valence electrons. The molecule has 3 amide bonds. The Kier molecular flexibility index (Phi) is 16.6. The molecular weight excluding hydrogens is 656 g/mol. The number of hydrogen-bond donors (Lipinski definition) is 1. The van der Waals surface area contributed by atoms with Gasteiger partial charge in [0, 0.05) is 6.42 Å². The molecule has 3 aromatic carbocycles. The minimum Gasteiger partial charge on any atom is -0.481 e. The first kappa shape index (κ1) is 38.7. The highest BCUT2D eigenvalue weighted by atomic mass is 16.6. The molecule has 12 nitrogen and oxygen atoms in total. The van der Waals surface area contributed by atoms with Gasteiger partial charge < -0.3 is 33.7 Å². The lowest BCUT2D eigenvalue weighted by atomic mass is 10.0. The zero-order valence-corrected chi connectivity index (χ0v) is 28.6. The minimum absolute atomic E-state index is 0.0693. The maximum Gasteiger partial charge on any atom is 0.328 e. The van der Waals surface area contributed by atoms with Gasteiger partial charge in [-0.25, -0.2) is 4.79 Å². The van der Waals surface area contributed by atoms with Crippen LogP contribution in [0.2, 0.25) is 0 Å². The van der Waals surface area contributed by atoms with E-state index in [-0.39, 0.29) is 63.7 Å². The number of rotatable bonds is 24. The van der Waals surface area contributed by atoms with E-state index in [1.165, 1.54) is 4.90 Å². The molecule has 0 fully saturated rings. The molecule has 0 unspecified atom stereocenters. The van der Waals surface area contributed by atoms with Gasteiger partial charge in [0.05, 0.1) is 70.5 Å². The van der Waals surface area contributed by atoms with Crippen LogP contribution in [0.15, 0.2) is 78.9 Å². The zero-order valence-electron chi connectivity index (χ0n) is 28.6. The first-order chi connectivity index (χ1) is 25.0. The highest BCUT2D eigenvalue weighted by Crippen LogP contribution is 2.22. The van der Waals surface area contributed by atoms with Gasteiger partial charge in [0.25, 0.3) is 11.8 Å². The summed E-state index contributed by atoms with van der Waals surface area (Å²) in [6.45, 7) is 2.83. The van der Waals surface area contributed by atoms with Gasteiger partial charge in [-0.3, -0.25) is 19.3 Å². The summed E-state index contributed by atoms with van der Waals surface area (Å²) in [6, 6.07) is 22.7. The minimum atomic E-state index is -0.830. The number of terminal acetylenes is 1. The van der Waals surface area contributed by atoms with Crippen molar-refractivity contribution in [2.45, 2.75) is 31.9 Å². The molecule has 0 saturated heterocycles. The van der Waals surface area contributed by atoms with Crippen molar-refractivity contribution in [1.29, 1.82) is 0 Å². The summed E-state index contributed by atoms with van der Waals surface area (Å²) in [6.07, 6.45) is 6.19. The van der Waals surface area contributed by atoms with E-state index in [2.05, 4.69) is 11.2 Å². The van der Waals surface area contributed by atoms with Crippen molar-refractivity contribution in [3.63, 3.8) is 0 Å². The zero-order chi connectivity index (χ0) is 36.1. The monoisotopic (exact) mass is 700 g/mol. The van der Waals surface area contributed by atoms with E-state index < -0.39 is 12.0 Å². The predicted octanol–water partition coefficient (Wildman–Crippen LogP) is 3.61. The number of imide groups is 1. The van der Waals surface area contributed by atoms with Crippen molar-refractivity contribution in [1.82, 2.24) is 10.2 Å². The lowest BCUT2D eigenvalue weighted by molar-refractivity contribution is -0.149. The van der Waals surface area contributed by atoms with Crippen LogP contribution in [0.25, 0.3) is 0 Å². The number of hydrogen-bond acceptors (Lipinski definition) is 10. The molecule has 1 aliphatic heterocycles. The third-order valence-electron chi connectivity index (χ3n) is 7.74. The molecule has 12 heteroatoms. The molecule has 0 aromatic heterocycles. The van der Waals surface area contributed by atoms with E-state index in [1.54, 1.807) is 24.3 Å². The van der Waals surface area contributed by atoms with E-state index in [0.29, 0.717) is 62.8 Å². The number of amides is 3. The number of carbonyl (C=O) groups is 4. The molecule has 51 heavy (non-hydrogen) atoms. The third-order valence-corrected chi connectivity index (χ3v) is 7.74. The number of esters is 1. The molecule has 4 rings (SSSR count). The third kappa shape index (κ3) is 13.3. The Balaban J connectivity index is 1.03. The van der Waals surface area contributed by atoms with Gasteiger partial charge >= 0.3 is 5.97 Å². The van der Waals surface area contributed by atoms with Gasteiger partial charge in [0.1, 0.15) is 25.0 Å². The first-order valence-corrected chi connectivity index (χ1v) is 16.9. The van der Waals surface area contributed by atoms with E-state index in [1.807, 2.05) is 54.6 Å². The van der Waals surface area contributed by atoms with E-state index in [0.717, 1.165) is 11.1 Å². The van der Waals surface area contributed by atoms with Gasteiger partial charge in [-0.05, 0) is 48.2 Å². The summed E-state index contributed by atoms with van der Waals surface area (Å²) in [5, 5.41) is 2.80. The van der Waals surface area contributed by atoms with Gasteiger partial charge in [-0.2, -0.15) is 0 Å². The molecule has 0 spiro atoms. The Morgan fingerprint density at radius 2 is 1.27 bits per heavy atom. The average molecular weight is 701 g/mol. The molecular formula is C39H44N2O10. The lowest BCUT2D eigenvalue weighted by Crippen LogP contribution is -2.42. The summed E-state index contributed by atoms with van der Waals surface area (Å²) in [7, 11) is 0. The summed E-state index contributed by atoms with van der Waals surface area (Å²) in [5.74, 6) is 1.64. The first-order valence-electron chi connectivity index (χ1n) is 16.9. The molecule has 1 aliphatic rings. The van der Waals surface area contributed by atoms with Crippen LogP contribution in [-0.4, -0.2) is 101 Å². The Hall–Kier alpha value is -5.06. The van der Waals surface area contributed by atoms with Crippen LogP contribution in [0.3, 0.4) is 0 Å². The number of ether oxygens (including phenoxy) is 6. The van der Waals surface area contributed by atoms with Crippen molar-refractivity contribution < 1.29 is 47.6 Å². The molecule has 1 heterocycles. The Morgan fingerprint density at radius 1 is 0.706 bits per heavy atom. The molecule has 3 aromatic rings. The Labute approximate surface area is 298 Å². The Bertz CT molecular complexity index is 1550. The molecule has 0 radical (unpaired) electrons. The van der Waals surface area contributed by atoms with Crippen LogP contribution in [0, 0.1) is 12.3 Å². The second-order valence-corrected chi connectivity index (χ2v) is 11.4. The summed E-state index contributed by atoms with van der Waals surface area (Å²) < 4.78 is 32.9. The molecule has 0 aliphatic carbocycles. The molecule has 0 bridgehead atoms. The van der Waals surface area contributed by atoms with E-state index in [9.17, 15) is 19.2 Å². The SMILES string of the molecule is C#CCOc1ccc(CC[C@H](NC(=O)CCOCCOCCOCCOCCN2C(=O)c3ccccc3C2=O)C(=O)OCc2ccccc2)cc1. The maximum absolute atomic E-state index is 13.0. The summed E-state index contributed by atoms with van der Waals surface area (Å²) in [4.78, 5) is 51.6. The quantitative estimate of drug-likeness (QED) is 0.0639. The van der Waals surface area contributed by atoms with Crippen LogP contribution in [0.4, 0.5) is 0 Å². The number of aryl methyl sites for hydroxylation is 1. The van der Waals surface area contributed by atoms with Gasteiger partial charge in [-0.15, -0.1) is 6.42 Å². The molecule has 1 N–H and O–H groups in total. The average Bonchev–Trinajstić information content (AvgIpc) is 3.40. The van der Waals surface area contributed by atoms with E-state index >= 15 is 0 Å². The van der Waals surface area contributed by atoms with Crippen LogP contribution < -0.4 is 10.1 Å². The largest absolute Gasteiger partial charge is 0.481 e. The van der Waals surface area contributed by atoms with Crippen LogP contribution >= 0.6 is 0 Å². The van der Waals surface area contributed by atoms with Crippen molar-refractivity contribution >= 4 is 23.7 Å². The highest BCUT2D eigenvalue weighted by molar-refractivity contribution is 6.21. The van der Waals surface area contributed by atoms with Crippen LogP contribution in [0.5, 0.6) is 5.75 Å². The second-order valence-electron chi connectivity index (χ2n) is 11.4. The molecule has 0 saturated carbocycles. The van der Waals surface area contributed by atoms with Crippen molar-refractivity contribution in [3.05, 3.63) is 101 Å². The van der Waals surface area contributed by atoms with Gasteiger partial charge in [0.15, 0.2) is 0 Å². The second kappa shape index (κ2) is 21.9.